The Bertz CT molecular complexity index is 1050. The summed E-state index contributed by atoms with van der Waals surface area (Å²) in [6.07, 6.45) is 1.77. The number of rotatable bonds is 6. The number of amides is 1. The second-order valence-corrected chi connectivity index (χ2v) is 7.01. The van der Waals surface area contributed by atoms with Crippen LogP contribution in [-0.2, 0) is 6.54 Å². The summed E-state index contributed by atoms with van der Waals surface area (Å²) in [5.41, 5.74) is 10.3. The summed E-state index contributed by atoms with van der Waals surface area (Å²) < 4.78 is 0. The van der Waals surface area contributed by atoms with E-state index >= 15 is 0 Å². The minimum atomic E-state index is -0.252. The van der Waals surface area contributed by atoms with Gasteiger partial charge in [0.05, 0.1) is 22.6 Å². The number of pyridine rings is 1. The molecule has 0 saturated carbocycles. The van der Waals surface area contributed by atoms with Crippen LogP contribution in [0, 0.1) is 11.3 Å². The maximum absolute atomic E-state index is 12.5. The van der Waals surface area contributed by atoms with Crippen LogP contribution in [0.5, 0.6) is 0 Å². The van der Waals surface area contributed by atoms with Gasteiger partial charge in [0.2, 0.25) is 0 Å². The molecule has 0 bridgehead atoms. The van der Waals surface area contributed by atoms with Gasteiger partial charge in [-0.05, 0) is 35.9 Å². The predicted molar refractivity (Wildman–Crippen MR) is 115 cm³/mol. The Labute approximate surface area is 170 Å². The Kier molecular flexibility index (Phi) is 6.22. The molecule has 0 spiro atoms. The monoisotopic (exact) mass is 385 g/mol. The fraction of sp³-hybridized carbons (Fsp3) is 0.174. The Morgan fingerprint density at radius 1 is 1.17 bits per heavy atom. The van der Waals surface area contributed by atoms with Gasteiger partial charge in [-0.1, -0.05) is 38.1 Å². The Morgan fingerprint density at radius 3 is 2.55 bits per heavy atom. The van der Waals surface area contributed by atoms with Gasteiger partial charge in [0.1, 0.15) is 6.07 Å². The van der Waals surface area contributed by atoms with E-state index < -0.39 is 0 Å². The van der Waals surface area contributed by atoms with E-state index in [2.05, 4.69) is 35.5 Å². The molecule has 1 amide bonds. The summed E-state index contributed by atoms with van der Waals surface area (Å²) in [7, 11) is 0. The van der Waals surface area contributed by atoms with E-state index in [0.717, 1.165) is 11.1 Å². The SMILES string of the molecule is CC(C)NCc1cnc(-c2ccc(C(=O)Nc3ccccc3N)cc2)c(C#N)c1. The molecule has 1 heterocycles. The number of nitrogens with two attached hydrogens (primary N) is 1. The first-order valence-corrected chi connectivity index (χ1v) is 9.36. The zero-order valence-corrected chi connectivity index (χ0v) is 16.4. The van der Waals surface area contributed by atoms with E-state index in [1.165, 1.54) is 0 Å². The molecule has 2 aromatic carbocycles. The molecule has 6 heteroatoms. The summed E-state index contributed by atoms with van der Waals surface area (Å²) in [5.74, 6) is -0.252. The van der Waals surface area contributed by atoms with Crippen LogP contribution in [0.25, 0.3) is 11.3 Å². The zero-order chi connectivity index (χ0) is 20.8. The van der Waals surface area contributed by atoms with Crippen molar-refractivity contribution in [2.24, 2.45) is 0 Å². The van der Waals surface area contributed by atoms with E-state index in [-0.39, 0.29) is 5.91 Å². The van der Waals surface area contributed by atoms with Gasteiger partial charge in [-0.2, -0.15) is 5.26 Å². The van der Waals surface area contributed by atoms with Crippen molar-refractivity contribution in [3.63, 3.8) is 0 Å². The molecular weight excluding hydrogens is 362 g/mol. The third kappa shape index (κ3) is 4.98. The Hall–Kier alpha value is -3.69. The van der Waals surface area contributed by atoms with Gasteiger partial charge in [0.15, 0.2) is 0 Å². The molecule has 0 unspecified atom stereocenters. The van der Waals surface area contributed by atoms with Crippen molar-refractivity contribution in [3.8, 4) is 17.3 Å². The first-order chi connectivity index (χ1) is 14.0. The molecule has 0 saturated heterocycles. The highest BCUT2D eigenvalue weighted by Crippen LogP contribution is 2.23. The van der Waals surface area contributed by atoms with Gasteiger partial charge < -0.3 is 16.4 Å². The van der Waals surface area contributed by atoms with Gasteiger partial charge in [0.25, 0.3) is 5.91 Å². The number of carbonyl (C=O) groups excluding carboxylic acids is 1. The lowest BCUT2D eigenvalue weighted by Gasteiger charge is -2.11. The average molecular weight is 385 g/mol. The van der Waals surface area contributed by atoms with Gasteiger partial charge in [-0.15, -0.1) is 0 Å². The quantitative estimate of drug-likeness (QED) is 0.557. The van der Waals surface area contributed by atoms with Crippen molar-refractivity contribution >= 4 is 17.3 Å². The second-order valence-electron chi connectivity index (χ2n) is 7.01. The number of nitrogen functional groups attached to an aromatic ring is 1. The third-order valence-corrected chi connectivity index (χ3v) is 4.41. The van der Waals surface area contributed by atoms with Crippen molar-refractivity contribution in [1.82, 2.24) is 10.3 Å². The molecule has 0 aliphatic carbocycles. The van der Waals surface area contributed by atoms with Crippen molar-refractivity contribution < 1.29 is 4.79 Å². The van der Waals surface area contributed by atoms with Crippen LogP contribution in [0.1, 0.15) is 35.3 Å². The molecule has 0 radical (unpaired) electrons. The molecule has 3 aromatic rings. The number of nitrogens with one attached hydrogen (secondary N) is 2. The van der Waals surface area contributed by atoms with Crippen molar-refractivity contribution in [3.05, 3.63) is 77.5 Å². The largest absolute Gasteiger partial charge is 0.397 e. The predicted octanol–water partition coefficient (Wildman–Crippen LogP) is 3.95. The molecule has 3 rings (SSSR count). The number of anilines is 2. The number of nitriles is 1. The van der Waals surface area contributed by atoms with Crippen LogP contribution in [0.15, 0.2) is 60.8 Å². The number of benzene rings is 2. The summed E-state index contributed by atoms with van der Waals surface area (Å²) in [5, 5.41) is 15.6. The van der Waals surface area contributed by atoms with Crippen LogP contribution in [-0.4, -0.2) is 16.9 Å². The van der Waals surface area contributed by atoms with Crippen molar-refractivity contribution in [1.29, 1.82) is 5.26 Å². The van der Waals surface area contributed by atoms with Crippen LogP contribution < -0.4 is 16.4 Å². The number of hydrogen-bond donors (Lipinski definition) is 3. The Morgan fingerprint density at radius 2 is 1.90 bits per heavy atom. The normalized spacial score (nSPS) is 10.6. The standard InChI is InChI=1S/C23H23N5O/c1-15(2)26-13-16-11-19(12-24)22(27-14-16)17-7-9-18(10-8-17)23(29)28-21-6-4-3-5-20(21)25/h3-11,14-15,26H,13,25H2,1-2H3,(H,28,29). The highest BCUT2D eigenvalue weighted by molar-refractivity contribution is 6.05. The minimum absolute atomic E-state index is 0.252. The zero-order valence-electron chi connectivity index (χ0n) is 16.4. The maximum Gasteiger partial charge on any atom is 0.255 e. The Balaban J connectivity index is 1.78. The molecule has 1 aromatic heterocycles. The van der Waals surface area contributed by atoms with Crippen LogP contribution in [0.2, 0.25) is 0 Å². The summed E-state index contributed by atoms with van der Waals surface area (Å²) in [6, 6.07) is 18.5. The van der Waals surface area contributed by atoms with Crippen LogP contribution >= 0.6 is 0 Å². The lowest BCUT2D eigenvalue weighted by molar-refractivity contribution is 0.102. The molecule has 0 aliphatic rings. The van der Waals surface area contributed by atoms with E-state index in [1.807, 2.05) is 18.2 Å². The van der Waals surface area contributed by atoms with Crippen LogP contribution in [0.4, 0.5) is 11.4 Å². The average Bonchev–Trinajstić information content (AvgIpc) is 2.73. The van der Waals surface area contributed by atoms with Gasteiger partial charge >= 0.3 is 0 Å². The highest BCUT2D eigenvalue weighted by Gasteiger charge is 2.11. The number of hydrogen-bond acceptors (Lipinski definition) is 5. The summed E-state index contributed by atoms with van der Waals surface area (Å²) >= 11 is 0. The van der Waals surface area contributed by atoms with Crippen molar-refractivity contribution in [2.75, 3.05) is 11.1 Å². The molecule has 0 aliphatic heterocycles. The molecule has 0 fully saturated rings. The molecule has 4 N–H and O–H groups in total. The molecule has 29 heavy (non-hydrogen) atoms. The molecular formula is C23H23N5O. The van der Waals surface area contributed by atoms with E-state index in [4.69, 9.17) is 5.73 Å². The number of aromatic nitrogens is 1. The van der Waals surface area contributed by atoms with E-state index in [1.54, 1.807) is 42.6 Å². The first-order valence-electron chi connectivity index (χ1n) is 9.36. The van der Waals surface area contributed by atoms with Gasteiger partial charge in [0, 0.05) is 29.9 Å². The minimum Gasteiger partial charge on any atom is -0.397 e. The molecule has 0 atom stereocenters. The van der Waals surface area contributed by atoms with Gasteiger partial charge in [-0.3, -0.25) is 9.78 Å². The number of nitrogens with zero attached hydrogens (tertiary/aromatic N) is 2. The fourth-order valence-corrected chi connectivity index (χ4v) is 2.83. The summed E-state index contributed by atoms with van der Waals surface area (Å²) in [6.45, 7) is 4.79. The highest BCUT2D eigenvalue weighted by atomic mass is 16.1. The van der Waals surface area contributed by atoms with E-state index in [9.17, 15) is 10.1 Å². The van der Waals surface area contributed by atoms with Gasteiger partial charge in [-0.25, -0.2) is 0 Å². The maximum atomic E-state index is 12.5. The summed E-state index contributed by atoms with van der Waals surface area (Å²) in [4.78, 5) is 16.9. The first kappa shape index (κ1) is 20.1. The van der Waals surface area contributed by atoms with Crippen LogP contribution in [0.3, 0.4) is 0 Å². The molecule has 6 nitrogen and oxygen atoms in total. The molecule has 146 valence electrons. The third-order valence-electron chi connectivity index (χ3n) is 4.41. The lowest BCUT2D eigenvalue weighted by Crippen LogP contribution is -2.22. The second kappa shape index (κ2) is 9.00. The lowest BCUT2D eigenvalue weighted by atomic mass is 10.0. The smallest absolute Gasteiger partial charge is 0.255 e. The van der Waals surface area contributed by atoms with Crippen molar-refractivity contribution in [2.45, 2.75) is 26.4 Å². The topological polar surface area (TPSA) is 104 Å². The fourth-order valence-electron chi connectivity index (χ4n) is 2.83. The van der Waals surface area contributed by atoms with E-state index in [0.29, 0.717) is 40.8 Å². The number of carbonyl (C=O) groups is 1. The number of para-hydroxylation sites is 2.